The molecule has 1 aliphatic carbocycles. The zero-order chi connectivity index (χ0) is 10.1. The van der Waals surface area contributed by atoms with E-state index in [1.165, 1.54) is 6.42 Å². The quantitative estimate of drug-likeness (QED) is 0.806. The highest BCUT2D eigenvalue weighted by atomic mass is 19.1. The SMILES string of the molecule is CC1CC1c1ccc(C(F)CCN)o1. The van der Waals surface area contributed by atoms with Crippen LogP contribution in [0.15, 0.2) is 16.5 Å². The summed E-state index contributed by atoms with van der Waals surface area (Å²) in [6.07, 6.45) is 0.469. The van der Waals surface area contributed by atoms with Crippen molar-refractivity contribution in [1.29, 1.82) is 0 Å². The summed E-state index contributed by atoms with van der Waals surface area (Å²) >= 11 is 0. The van der Waals surface area contributed by atoms with Crippen LogP contribution in [0.1, 0.15) is 43.4 Å². The van der Waals surface area contributed by atoms with Crippen molar-refractivity contribution in [2.75, 3.05) is 6.54 Å². The summed E-state index contributed by atoms with van der Waals surface area (Å²) in [5.41, 5.74) is 5.29. The first-order valence-corrected chi connectivity index (χ1v) is 5.16. The first-order valence-electron chi connectivity index (χ1n) is 5.16. The lowest BCUT2D eigenvalue weighted by atomic mass is 10.2. The molecule has 1 heterocycles. The molecule has 1 aromatic heterocycles. The molecule has 1 saturated carbocycles. The van der Waals surface area contributed by atoms with Crippen LogP contribution in [0, 0.1) is 5.92 Å². The molecule has 1 aliphatic rings. The van der Waals surface area contributed by atoms with Gasteiger partial charge in [-0.15, -0.1) is 0 Å². The molecule has 3 atom stereocenters. The van der Waals surface area contributed by atoms with Gasteiger partial charge in [0, 0.05) is 5.92 Å². The molecule has 0 aliphatic heterocycles. The first-order chi connectivity index (χ1) is 6.72. The third-order valence-electron chi connectivity index (χ3n) is 2.85. The van der Waals surface area contributed by atoms with E-state index in [0.29, 0.717) is 30.6 Å². The van der Waals surface area contributed by atoms with Crippen LogP contribution in [-0.4, -0.2) is 6.54 Å². The van der Waals surface area contributed by atoms with Crippen LogP contribution in [0.3, 0.4) is 0 Å². The Labute approximate surface area is 83.3 Å². The molecule has 2 N–H and O–H groups in total. The predicted molar refractivity (Wildman–Crippen MR) is 52.8 cm³/mol. The molecular weight excluding hydrogens is 181 g/mol. The molecule has 2 rings (SSSR count). The van der Waals surface area contributed by atoms with Crippen LogP contribution >= 0.6 is 0 Å². The standard InChI is InChI=1S/C11H16FNO/c1-7-6-8(7)10-2-3-11(14-10)9(12)4-5-13/h2-3,7-9H,4-6,13H2,1H3. The largest absolute Gasteiger partial charge is 0.463 e. The zero-order valence-electron chi connectivity index (χ0n) is 8.37. The highest BCUT2D eigenvalue weighted by Gasteiger charge is 2.36. The smallest absolute Gasteiger partial charge is 0.159 e. The van der Waals surface area contributed by atoms with Crippen molar-refractivity contribution in [3.8, 4) is 0 Å². The molecule has 0 spiro atoms. The van der Waals surface area contributed by atoms with Crippen LogP contribution < -0.4 is 5.73 Å². The number of rotatable bonds is 4. The molecule has 78 valence electrons. The van der Waals surface area contributed by atoms with Gasteiger partial charge < -0.3 is 10.2 Å². The summed E-state index contributed by atoms with van der Waals surface area (Å²) < 4.78 is 18.8. The Hall–Kier alpha value is -0.830. The van der Waals surface area contributed by atoms with Crippen molar-refractivity contribution in [3.63, 3.8) is 0 Å². The summed E-state index contributed by atoms with van der Waals surface area (Å²) in [7, 11) is 0. The fourth-order valence-electron chi connectivity index (χ4n) is 1.74. The molecule has 0 aromatic carbocycles. The minimum Gasteiger partial charge on any atom is -0.463 e. The molecule has 1 aromatic rings. The normalized spacial score (nSPS) is 27.6. The number of hydrogen-bond donors (Lipinski definition) is 1. The maximum absolute atomic E-state index is 13.4. The Kier molecular flexibility index (Phi) is 2.59. The van der Waals surface area contributed by atoms with Gasteiger partial charge in [0.1, 0.15) is 11.5 Å². The lowest BCUT2D eigenvalue weighted by Gasteiger charge is -2.01. The van der Waals surface area contributed by atoms with Crippen molar-refractivity contribution in [2.45, 2.75) is 31.9 Å². The van der Waals surface area contributed by atoms with E-state index in [-0.39, 0.29) is 0 Å². The highest BCUT2D eigenvalue weighted by Crippen LogP contribution is 2.47. The third-order valence-corrected chi connectivity index (χ3v) is 2.85. The Bertz CT molecular complexity index is 310. The Morgan fingerprint density at radius 2 is 2.36 bits per heavy atom. The Balaban J connectivity index is 2.02. The van der Waals surface area contributed by atoms with Crippen LogP contribution in [0.2, 0.25) is 0 Å². The average molecular weight is 197 g/mol. The van der Waals surface area contributed by atoms with E-state index >= 15 is 0 Å². The molecule has 3 heteroatoms. The first kappa shape index (κ1) is 9.71. The second-order valence-electron chi connectivity index (χ2n) is 4.10. The molecule has 0 amide bonds. The van der Waals surface area contributed by atoms with E-state index in [4.69, 9.17) is 10.2 Å². The maximum Gasteiger partial charge on any atom is 0.159 e. The van der Waals surface area contributed by atoms with Gasteiger partial charge in [-0.25, -0.2) is 4.39 Å². The van der Waals surface area contributed by atoms with Gasteiger partial charge >= 0.3 is 0 Å². The van der Waals surface area contributed by atoms with Gasteiger partial charge in [-0.05, 0) is 37.4 Å². The number of nitrogens with two attached hydrogens (primary N) is 1. The van der Waals surface area contributed by atoms with Crippen molar-refractivity contribution >= 4 is 0 Å². The summed E-state index contributed by atoms with van der Waals surface area (Å²) in [5.74, 6) is 2.59. The predicted octanol–water partition coefficient (Wildman–Crippen LogP) is 2.76. The van der Waals surface area contributed by atoms with Crippen molar-refractivity contribution in [1.82, 2.24) is 0 Å². The number of hydrogen-bond acceptors (Lipinski definition) is 2. The molecule has 14 heavy (non-hydrogen) atoms. The van der Waals surface area contributed by atoms with Crippen LogP contribution in [0.25, 0.3) is 0 Å². The lowest BCUT2D eigenvalue weighted by molar-refractivity contribution is 0.268. The fourth-order valence-corrected chi connectivity index (χ4v) is 1.74. The van der Waals surface area contributed by atoms with E-state index in [1.54, 1.807) is 6.07 Å². The van der Waals surface area contributed by atoms with Gasteiger partial charge in [0.05, 0.1) is 0 Å². The fraction of sp³-hybridized carbons (Fsp3) is 0.636. The van der Waals surface area contributed by atoms with Gasteiger partial charge in [0.15, 0.2) is 6.17 Å². The third kappa shape index (κ3) is 1.82. The number of alkyl halides is 1. The highest BCUT2D eigenvalue weighted by molar-refractivity contribution is 5.18. The van der Waals surface area contributed by atoms with E-state index in [0.717, 1.165) is 5.76 Å². The minimum absolute atomic E-state index is 0.340. The van der Waals surface area contributed by atoms with E-state index in [2.05, 4.69) is 6.92 Å². The summed E-state index contributed by atoms with van der Waals surface area (Å²) in [4.78, 5) is 0. The van der Waals surface area contributed by atoms with E-state index in [9.17, 15) is 4.39 Å². The molecule has 0 bridgehead atoms. The van der Waals surface area contributed by atoms with E-state index in [1.807, 2.05) is 6.07 Å². The van der Waals surface area contributed by atoms with Crippen molar-refractivity contribution < 1.29 is 8.81 Å². The van der Waals surface area contributed by atoms with Gasteiger partial charge in [-0.2, -0.15) is 0 Å². The Morgan fingerprint density at radius 3 is 2.93 bits per heavy atom. The van der Waals surface area contributed by atoms with Gasteiger partial charge in [0.25, 0.3) is 0 Å². The monoisotopic (exact) mass is 197 g/mol. The minimum atomic E-state index is -1.04. The topological polar surface area (TPSA) is 39.2 Å². The summed E-state index contributed by atoms with van der Waals surface area (Å²) in [6, 6.07) is 3.63. The Morgan fingerprint density at radius 1 is 1.64 bits per heavy atom. The molecule has 0 radical (unpaired) electrons. The molecule has 0 saturated heterocycles. The summed E-state index contributed by atoms with van der Waals surface area (Å²) in [5, 5.41) is 0. The van der Waals surface area contributed by atoms with Crippen LogP contribution in [0.4, 0.5) is 4.39 Å². The molecule has 3 unspecified atom stereocenters. The van der Waals surface area contributed by atoms with Crippen molar-refractivity contribution in [2.24, 2.45) is 11.7 Å². The second kappa shape index (κ2) is 3.73. The molecule has 2 nitrogen and oxygen atoms in total. The average Bonchev–Trinajstić information content (AvgIpc) is 2.70. The molecule has 1 fully saturated rings. The van der Waals surface area contributed by atoms with Gasteiger partial charge in [-0.3, -0.25) is 0 Å². The second-order valence-corrected chi connectivity index (χ2v) is 4.10. The number of halogens is 1. The van der Waals surface area contributed by atoms with E-state index < -0.39 is 6.17 Å². The lowest BCUT2D eigenvalue weighted by Crippen LogP contribution is -2.02. The van der Waals surface area contributed by atoms with Crippen LogP contribution in [0.5, 0.6) is 0 Å². The summed E-state index contributed by atoms with van der Waals surface area (Å²) in [6.45, 7) is 2.54. The van der Waals surface area contributed by atoms with Gasteiger partial charge in [0.2, 0.25) is 0 Å². The molecular formula is C11H16FNO. The van der Waals surface area contributed by atoms with Crippen molar-refractivity contribution in [3.05, 3.63) is 23.7 Å². The van der Waals surface area contributed by atoms with Gasteiger partial charge in [-0.1, -0.05) is 6.92 Å². The zero-order valence-corrected chi connectivity index (χ0v) is 8.37. The maximum atomic E-state index is 13.4. The van der Waals surface area contributed by atoms with Crippen LogP contribution in [-0.2, 0) is 0 Å². The number of furan rings is 1.